The van der Waals surface area contributed by atoms with Crippen LogP contribution in [-0.2, 0) is 9.59 Å². The minimum absolute atomic E-state index is 0.114. The van der Waals surface area contributed by atoms with E-state index < -0.39 is 18.5 Å². The van der Waals surface area contributed by atoms with Crippen LogP contribution in [0, 0.1) is 25.2 Å². The van der Waals surface area contributed by atoms with Crippen LogP contribution in [0.1, 0.15) is 16.7 Å². The molecule has 1 amide bonds. The van der Waals surface area contributed by atoms with Gasteiger partial charge < -0.3 is 15.2 Å². The summed E-state index contributed by atoms with van der Waals surface area (Å²) in [6.45, 7) is 3.31. The van der Waals surface area contributed by atoms with E-state index in [4.69, 9.17) is 9.84 Å². The molecule has 0 saturated carbocycles. The number of para-hydroxylation sites is 1. The zero-order valence-corrected chi connectivity index (χ0v) is 14.4. The van der Waals surface area contributed by atoms with E-state index in [1.165, 1.54) is 6.08 Å². The zero-order chi connectivity index (χ0) is 19.1. The monoisotopic (exact) mass is 350 g/mol. The first kappa shape index (κ1) is 18.7. The van der Waals surface area contributed by atoms with Crippen LogP contribution in [0.15, 0.2) is 48.0 Å². The molecular formula is C20H18N2O4. The second kappa shape index (κ2) is 8.49. The third-order valence-corrected chi connectivity index (χ3v) is 3.57. The minimum Gasteiger partial charge on any atom is -0.481 e. The van der Waals surface area contributed by atoms with Crippen molar-refractivity contribution < 1.29 is 19.4 Å². The van der Waals surface area contributed by atoms with Crippen molar-refractivity contribution in [1.29, 1.82) is 5.26 Å². The van der Waals surface area contributed by atoms with Crippen LogP contribution in [0.3, 0.4) is 0 Å². The summed E-state index contributed by atoms with van der Waals surface area (Å²) in [4.78, 5) is 23.1. The maximum atomic E-state index is 12.4. The van der Waals surface area contributed by atoms with Gasteiger partial charge in [-0.15, -0.1) is 0 Å². The molecule has 0 radical (unpaired) electrons. The summed E-state index contributed by atoms with van der Waals surface area (Å²) in [6, 6.07) is 14.0. The lowest BCUT2D eigenvalue weighted by atomic mass is 10.1. The molecule has 0 aliphatic carbocycles. The number of nitrogens with zero attached hydrogens (tertiary/aromatic N) is 1. The number of hydrogen-bond acceptors (Lipinski definition) is 4. The highest BCUT2D eigenvalue weighted by Gasteiger charge is 2.13. The molecule has 0 spiro atoms. The smallest absolute Gasteiger partial charge is 0.341 e. The second-order valence-electron chi connectivity index (χ2n) is 5.66. The van der Waals surface area contributed by atoms with Crippen molar-refractivity contribution in [1.82, 2.24) is 0 Å². The molecule has 2 N–H and O–H groups in total. The number of anilines is 1. The number of carbonyl (C=O) groups is 2. The number of hydrogen-bond donors (Lipinski definition) is 2. The van der Waals surface area contributed by atoms with Crippen molar-refractivity contribution in [3.05, 3.63) is 64.7 Å². The molecule has 0 atom stereocenters. The summed E-state index contributed by atoms with van der Waals surface area (Å²) in [5.74, 6) is -1.38. The van der Waals surface area contributed by atoms with Crippen molar-refractivity contribution in [2.24, 2.45) is 0 Å². The molecule has 2 aromatic carbocycles. The maximum Gasteiger partial charge on any atom is 0.341 e. The van der Waals surface area contributed by atoms with Crippen LogP contribution in [0.5, 0.6) is 5.75 Å². The van der Waals surface area contributed by atoms with Crippen molar-refractivity contribution in [2.45, 2.75) is 13.8 Å². The number of amides is 1. The first-order valence-corrected chi connectivity index (χ1v) is 7.84. The predicted octanol–water partition coefficient (Wildman–Crippen LogP) is 3.31. The Morgan fingerprint density at radius 3 is 2.62 bits per heavy atom. The van der Waals surface area contributed by atoms with Gasteiger partial charge in [-0.3, -0.25) is 4.79 Å². The van der Waals surface area contributed by atoms with E-state index >= 15 is 0 Å². The van der Waals surface area contributed by atoms with Gasteiger partial charge in [0.05, 0.1) is 0 Å². The fraction of sp³-hybridized carbons (Fsp3) is 0.150. The third kappa shape index (κ3) is 4.95. The molecule has 0 unspecified atom stereocenters. The van der Waals surface area contributed by atoms with Crippen molar-refractivity contribution >= 4 is 23.6 Å². The molecule has 0 saturated heterocycles. The van der Waals surface area contributed by atoms with E-state index in [1.807, 2.05) is 32.0 Å². The Balaban J connectivity index is 2.26. The van der Waals surface area contributed by atoms with E-state index in [-0.39, 0.29) is 11.3 Å². The van der Waals surface area contributed by atoms with Crippen LogP contribution in [-0.4, -0.2) is 23.6 Å². The molecule has 0 bridgehead atoms. The number of rotatable bonds is 6. The number of carboxylic acid groups (broad SMARTS) is 1. The highest BCUT2D eigenvalue weighted by atomic mass is 16.5. The lowest BCUT2D eigenvalue weighted by Gasteiger charge is -2.10. The normalized spacial score (nSPS) is 10.7. The first-order valence-electron chi connectivity index (χ1n) is 7.84. The van der Waals surface area contributed by atoms with Gasteiger partial charge in [-0.25, -0.2) is 4.79 Å². The van der Waals surface area contributed by atoms with Gasteiger partial charge >= 0.3 is 5.97 Å². The van der Waals surface area contributed by atoms with Crippen molar-refractivity contribution in [2.75, 3.05) is 11.9 Å². The number of aryl methyl sites for hydroxylation is 2. The minimum atomic E-state index is -1.11. The van der Waals surface area contributed by atoms with Crippen LogP contribution in [0.25, 0.3) is 6.08 Å². The Morgan fingerprint density at radius 1 is 1.23 bits per heavy atom. The summed E-state index contributed by atoms with van der Waals surface area (Å²) >= 11 is 0. The SMILES string of the molecule is Cc1ccc(NC(=O)/C(C#N)=C/c2ccccc2OCC(=O)O)c(C)c1. The van der Waals surface area contributed by atoms with Crippen LogP contribution >= 0.6 is 0 Å². The molecular weight excluding hydrogens is 332 g/mol. The Hall–Kier alpha value is -3.59. The molecule has 2 aromatic rings. The fourth-order valence-corrected chi connectivity index (χ4v) is 2.32. The molecule has 0 aliphatic heterocycles. The number of benzene rings is 2. The van der Waals surface area contributed by atoms with Crippen molar-refractivity contribution in [3.63, 3.8) is 0 Å². The Morgan fingerprint density at radius 2 is 1.96 bits per heavy atom. The average molecular weight is 350 g/mol. The van der Waals surface area contributed by atoms with Gasteiger partial charge in [0.2, 0.25) is 0 Å². The summed E-state index contributed by atoms with van der Waals surface area (Å²) in [7, 11) is 0. The molecule has 0 heterocycles. The number of nitrogens with one attached hydrogen (secondary N) is 1. The van der Waals surface area contributed by atoms with Crippen molar-refractivity contribution in [3.8, 4) is 11.8 Å². The molecule has 0 fully saturated rings. The molecule has 6 nitrogen and oxygen atoms in total. The fourth-order valence-electron chi connectivity index (χ4n) is 2.32. The quantitative estimate of drug-likeness (QED) is 0.615. The van der Waals surface area contributed by atoms with Crippen LogP contribution in [0.2, 0.25) is 0 Å². The molecule has 132 valence electrons. The number of nitriles is 1. The van der Waals surface area contributed by atoms with Crippen LogP contribution < -0.4 is 10.1 Å². The van der Waals surface area contributed by atoms with E-state index in [2.05, 4.69) is 5.32 Å². The average Bonchev–Trinajstić information content (AvgIpc) is 2.60. The lowest BCUT2D eigenvalue weighted by molar-refractivity contribution is -0.139. The van der Waals surface area contributed by atoms with Gasteiger partial charge in [0.15, 0.2) is 6.61 Å². The van der Waals surface area contributed by atoms with Crippen LogP contribution in [0.4, 0.5) is 5.69 Å². The third-order valence-electron chi connectivity index (χ3n) is 3.57. The number of carboxylic acids is 1. The summed E-state index contributed by atoms with van der Waals surface area (Å²) in [5.41, 5.74) is 2.91. The van der Waals surface area contributed by atoms with E-state index in [9.17, 15) is 14.9 Å². The Labute approximate surface area is 151 Å². The highest BCUT2D eigenvalue weighted by Crippen LogP contribution is 2.22. The topological polar surface area (TPSA) is 99.4 Å². The van der Waals surface area contributed by atoms with Gasteiger partial charge in [-0.1, -0.05) is 35.9 Å². The molecule has 0 aliphatic rings. The number of carbonyl (C=O) groups excluding carboxylic acids is 1. The standard InChI is InChI=1S/C20H18N2O4/c1-13-7-8-17(14(2)9-13)22-20(25)16(11-21)10-15-5-3-4-6-18(15)26-12-19(23)24/h3-10H,12H2,1-2H3,(H,22,25)(H,23,24)/b16-10+. The van der Waals surface area contributed by atoms with E-state index in [1.54, 1.807) is 30.3 Å². The second-order valence-corrected chi connectivity index (χ2v) is 5.66. The van der Waals surface area contributed by atoms with E-state index in [0.29, 0.717) is 11.3 Å². The van der Waals surface area contributed by atoms with Gasteiger partial charge in [0.25, 0.3) is 5.91 Å². The van der Waals surface area contributed by atoms with Gasteiger partial charge in [0.1, 0.15) is 17.4 Å². The summed E-state index contributed by atoms with van der Waals surface area (Å²) in [5, 5.41) is 20.8. The number of ether oxygens (including phenoxy) is 1. The van der Waals surface area contributed by atoms with Gasteiger partial charge in [-0.2, -0.15) is 5.26 Å². The van der Waals surface area contributed by atoms with E-state index in [0.717, 1.165) is 11.1 Å². The molecule has 0 aromatic heterocycles. The number of aliphatic carboxylic acids is 1. The van der Waals surface area contributed by atoms with Gasteiger partial charge in [-0.05, 0) is 37.6 Å². The molecule has 6 heteroatoms. The van der Waals surface area contributed by atoms with Gasteiger partial charge in [0, 0.05) is 11.3 Å². The summed E-state index contributed by atoms with van der Waals surface area (Å²) < 4.78 is 5.19. The molecule has 2 rings (SSSR count). The predicted molar refractivity (Wildman–Crippen MR) is 97.7 cm³/mol. The maximum absolute atomic E-state index is 12.4. The first-order chi connectivity index (χ1) is 12.4. The lowest BCUT2D eigenvalue weighted by Crippen LogP contribution is -2.14. The molecule has 26 heavy (non-hydrogen) atoms. The highest BCUT2D eigenvalue weighted by molar-refractivity contribution is 6.10. The zero-order valence-electron chi connectivity index (χ0n) is 14.4. The largest absolute Gasteiger partial charge is 0.481 e. The Kier molecular flexibility index (Phi) is 6.12. The Bertz CT molecular complexity index is 910. The summed E-state index contributed by atoms with van der Waals surface area (Å²) in [6.07, 6.45) is 1.37.